The van der Waals surface area contributed by atoms with Crippen LogP contribution < -0.4 is 0 Å². The molecule has 2 heteroatoms. The predicted molar refractivity (Wildman–Crippen MR) is 62.7 cm³/mol. The summed E-state index contributed by atoms with van der Waals surface area (Å²) in [5.74, 6) is 0.941. The number of aromatic amines is 1. The molecule has 0 bridgehead atoms. The van der Waals surface area contributed by atoms with Crippen LogP contribution in [-0.4, -0.2) is 9.97 Å². The van der Waals surface area contributed by atoms with Crippen molar-refractivity contribution in [3.63, 3.8) is 0 Å². The van der Waals surface area contributed by atoms with Crippen LogP contribution in [0, 0.1) is 6.92 Å². The smallest absolute Gasteiger partial charge is 0.103 e. The molecule has 0 saturated heterocycles. The van der Waals surface area contributed by atoms with Crippen molar-refractivity contribution in [1.82, 2.24) is 9.97 Å². The molecule has 1 aromatic heterocycles. The minimum Gasteiger partial charge on any atom is -0.345 e. The van der Waals surface area contributed by atoms with E-state index >= 15 is 0 Å². The Morgan fingerprint density at radius 2 is 2.07 bits per heavy atom. The topological polar surface area (TPSA) is 28.7 Å². The Morgan fingerprint density at radius 3 is 2.73 bits per heavy atom. The van der Waals surface area contributed by atoms with Crippen LogP contribution in [-0.2, 0) is 6.42 Å². The monoisotopic (exact) mass is 198 g/mol. The summed E-state index contributed by atoms with van der Waals surface area (Å²) >= 11 is 0. The van der Waals surface area contributed by atoms with Gasteiger partial charge in [0.05, 0.1) is 5.69 Å². The summed E-state index contributed by atoms with van der Waals surface area (Å²) in [4.78, 5) is 7.61. The number of rotatable bonds is 3. The summed E-state index contributed by atoms with van der Waals surface area (Å²) in [6, 6.07) is 10.3. The number of imidazole rings is 1. The lowest BCUT2D eigenvalue weighted by Gasteiger charge is -1.99. The fourth-order valence-electron chi connectivity index (χ4n) is 1.66. The molecule has 76 valence electrons. The van der Waals surface area contributed by atoms with Crippen LogP contribution in [0.5, 0.6) is 0 Å². The molecule has 0 saturated carbocycles. The number of nitrogens with zero attached hydrogens (tertiary/aromatic N) is 1. The Hall–Kier alpha value is -1.83. The molecule has 0 amide bonds. The molecule has 0 aliphatic rings. The second kappa shape index (κ2) is 4.13. The van der Waals surface area contributed by atoms with Crippen molar-refractivity contribution in [2.45, 2.75) is 13.3 Å². The van der Waals surface area contributed by atoms with Crippen molar-refractivity contribution in [1.29, 1.82) is 0 Å². The first-order chi connectivity index (χ1) is 7.29. The molecule has 2 nitrogen and oxygen atoms in total. The zero-order valence-corrected chi connectivity index (χ0v) is 8.83. The van der Waals surface area contributed by atoms with E-state index in [0.717, 1.165) is 23.6 Å². The average Bonchev–Trinajstić information content (AvgIpc) is 2.60. The molecule has 15 heavy (non-hydrogen) atoms. The number of aryl methyl sites for hydroxylation is 1. The summed E-state index contributed by atoms with van der Waals surface area (Å²) in [7, 11) is 0. The number of nitrogens with one attached hydrogen (secondary N) is 1. The van der Waals surface area contributed by atoms with Crippen molar-refractivity contribution in [2.24, 2.45) is 0 Å². The minimum absolute atomic E-state index is 0.878. The molecule has 0 unspecified atom stereocenters. The highest BCUT2D eigenvalue weighted by Crippen LogP contribution is 2.12. The van der Waals surface area contributed by atoms with Gasteiger partial charge < -0.3 is 4.98 Å². The molecule has 0 atom stereocenters. The first-order valence-electron chi connectivity index (χ1n) is 5.01. The summed E-state index contributed by atoms with van der Waals surface area (Å²) in [6.07, 6.45) is 2.67. The van der Waals surface area contributed by atoms with Crippen LogP contribution in [0.3, 0.4) is 0 Å². The Balaban J connectivity index is 2.28. The SMILES string of the molecule is C=Cc1nc(C)[nH]c1Cc1ccccc1. The second-order valence-corrected chi connectivity index (χ2v) is 3.55. The Labute approximate surface area is 89.7 Å². The molecular formula is C13H14N2. The fourth-order valence-corrected chi connectivity index (χ4v) is 1.66. The third-order valence-electron chi connectivity index (χ3n) is 2.35. The zero-order valence-electron chi connectivity index (χ0n) is 8.83. The molecule has 0 radical (unpaired) electrons. The molecule has 1 aromatic carbocycles. The van der Waals surface area contributed by atoms with Crippen molar-refractivity contribution in [3.05, 3.63) is 59.7 Å². The minimum atomic E-state index is 0.878. The number of aromatic nitrogens is 2. The van der Waals surface area contributed by atoms with Crippen LogP contribution in [0.25, 0.3) is 6.08 Å². The molecule has 0 spiro atoms. The van der Waals surface area contributed by atoms with Gasteiger partial charge in [-0.25, -0.2) is 4.98 Å². The Kier molecular flexibility index (Phi) is 2.68. The lowest BCUT2D eigenvalue weighted by molar-refractivity contribution is 1.07. The van der Waals surface area contributed by atoms with E-state index in [1.54, 1.807) is 6.08 Å². The number of benzene rings is 1. The van der Waals surface area contributed by atoms with E-state index in [4.69, 9.17) is 0 Å². The highest BCUT2D eigenvalue weighted by molar-refractivity contribution is 5.46. The summed E-state index contributed by atoms with van der Waals surface area (Å²) < 4.78 is 0. The van der Waals surface area contributed by atoms with E-state index in [-0.39, 0.29) is 0 Å². The summed E-state index contributed by atoms with van der Waals surface area (Å²) in [5, 5.41) is 0. The van der Waals surface area contributed by atoms with Gasteiger partial charge in [0.25, 0.3) is 0 Å². The fraction of sp³-hybridized carbons (Fsp3) is 0.154. The molecular weight excluding hydrogens is 184 g/mol. The quantitative estimate of drug-likeness (QED) is 0.807. The summed E-state index contributed by atoms with van der Waals surface area (Å²) in [5.41, 5.74) is 3.37. The first kappa shape index (κ1) is 9.71. The number of hydrogen-bond acceptors (Lipinski definition) is 1. The molecule has 2 aromatic rings. The normalized spacial score (nSPS) is 10.2. The van der Waals surface area contributed by atoms with Gasteiger partial charge in [-0.15, -0.1) is 0 Å². The van der Waals surface area contributed by atoms with Gasteiger partial charge >= 0.3 is 0 Å². The van der Waals surface area contributed by atoms with Gasteiger partial charge in [0.15, 0.2) is 0 Å². The van der Waals surface area contributed by atoms with Gasteiger partial charge in [-0.3, -0.25) is 0 Å². The number of hydrogen-bond donors (Lipinski definition) is 1. The van der Waals surface area contributed by atoms with E-state index in [2.05, 4.69) is 28.7 Å². The van der Waals surface area contributed by atoms with Crippen LogP contribution in [0.2, 0.25) is 0 Å². The Morgan fingerprint density at radius 1 is 1.33 bits per heavy atom. The van der Waals surface area contributed by atoms with Gasteiger partial charge in [-0.2, -0.15) is 0 Å². The summed E-state index contributed by atoms with van der Waals surface area (Å²) in [6.45, 7) is 5.72. The van der Waals surface area contributed by atoms with Gasteiger partial charge in [0.2, 0.25) is 0 Å². The van der Waals surface area contributed by atoms with Crippen LogP contribution in [0.1, 0.15) is 22.8 Å². The Bertz CT molecular complexity index is 455. The lowest BCUT2D eigenvalue weighted by Crippen LogP contribution is -1.90. The van der Waals surface area contributed by atoms with E-state index in [9.17, 15) is 0 Å². The van der Waals surface area contributed by atoms with Crippen molar-refractivity contribution in [3.8, 4) is 0 Å². The number of H-pyrrole nitrogens is 1. The molecule has 0 aliphatic heterocycles. The highest BCUT2D eigenvalue weighted by Gasteiger charge is 2.05. The average molecular weight is 198 g/mol. The second-order valence-electron chi connectivity index (χ2n) is 3.55. The van der Waals surface area contributed by atoms with E-state index in [0.29, 0.717) is 0 Å². The highest BCUT2D eigenvalue weighted by atomic mass is 14.9. The van der Waals surface area contributed by atoms with Crippen LogP contribution >= 0.6 is 0 Å². The maximum absolute atomic E-state index is 4.35. The lowest BCUT2D eigenvalue weighted by atomic mass is 10.1. The third kappa shape index (κ3) is 2.15. The van der Waals surface area contributed by atoms with Crippen molar-refractivity contribution >= 4 is 6.08 Å². The van der Waals surface area contributed by atoms with Gasteiger partial charge in [-0.05, 0) is 18.6 Å². The van der Waals surface area contributed by atoms with Gasteiger partial charge in [0.1, 0.15) is 5.82 Å². The van der Waals surface area contributed by atoms with Gasteiger partial charge in [0, 0.05) is 12.1 Å². The van der Waals surface area contributed by atoms with Crippen LogP contribution in [0.15, 0.2) is 36.9 Å². The first-order valence-corrected chi connectivity index (χ1v) is 5.01. The third-order valence-corrected chi connectivity index (χ3v) is 2.35. The molecule has 2 rings (SSSR count). The molecule has 1 N–H and O–H groups in total. The largest absolute Gasteiger partial charge is 0.345 e. The van der Waals surface area contributed by atoms with E-state index in [1.807, 2.05) is 25.1 Å². The van der Waals surface area contributed by atoms with Gasteiger partial charge in [-0.1, -0.05) is 36.9 Å². The maximum atomic E-state index is 4.35. The van der Waals surface area contributed by atoms with Crippen LogP contribution in [0.4, 0.5) is 0 Å². The maximum Gasteiger partial charge on any atom is 0.103 e. The van der Waals surface area contributed by atoms with E-state index < -0.39 is 0 Å². The molecule has 1 heterocycles. The van der Waals surface area contributed by atoms with Crippen molar-refractivity contribution in [2.75, 3.05) is 0 Å². The standard InChI is InChI=1S/C13H14N2/c1-3-12-13(15-10(2)14-12)9-11-7-5-4-6-8-11/h3-8H,1,9H2,2H3,(H,14,15). The molecule has 0 aliphatic carbocycles. The zero-order chi connectivity index (χ0) is 10.7. The van der Waals surface area contributed by atoms with E-state index in [1.165, 1.54) is 5.56 Å². The molecule has 0 fully saturated rings. The van der Waals surface area contributed by atoms with Crippen molar-refractivity contribution < 1.29 is 0 Å². The predicted octanol–water partition coefficient (Wildman–Crippen LogP) is 2.95.